The van der Waals surface area contributed by atoms with Gasteiger partial charge in [-0.15, -0.1) is 0 Å². The number of carboxylic acid groups (broad SMARTS) is 1. The molecular weight excluding hydrogens is 574 g/mol. The molecule has 5 rings (SSSR count). The van der Waals surface area contributed by atoms with E-state index in [0.29, 0.717) is 28.0 Å². The van der Waals surface area contributed by atoms with Crippen LogP contribution in [0, 0.1) is 27.7 Å². The van der Waals surface area contributed by atoms with E-state index in [1.807, 2.05) is 24.3 Å². The highest BCUT2D eigenvalue weighted by Gasteiger charge is 2.32. The number of anilines is 2. The molecule has 2 heterocycles. The standard InChI is InChI=1S/C30H31N5O7S/c1-15-11-16(2)18(4)27(17(15)3)43(40,41)35-23(29(38)39)13-19-9-10-24-22(12-19)31-28(37)25(42-24)14-26(36)34-30-32-20-7-5-6-8-21(20)33-30/h5-12,23,25,35H,13-14H2,1-4H3,(H,31,37)(H,38,39)(H2,32,33,34,36)/t23-,25?/m0/s1. The lowest BCUT2D eigenvalue weighted by molar-refractivity contribution is -0.139. The Bertz CT molecular complexity index is 1820. The van der Waals surface area contributed by atoms with Gasteiger partial charge in [-0.25, -0.2) is 13.4 Å². The van der Waals surface area contributed by atoms with Gasteiger partial charge in [0.1, 0.15) is 11.8 Å². The Hall–Kier alpha value is -4.75. The minimum absolute atomic E-state index is 0.0674. The fraction of sp³-hybridized carbons (Fsp3) is 0.267. The van der Waals surface area contributed by atoms with Crippen LogP contribution in [-0.4, -0.2) is 53.4 Å². The van der Waals surface area contributed by atoms with Gasteiger partial charge in [0.05, 0.1) is 28.0 Å². The molecule has 13 heteroatoms. The van der Waals surface area contributed by atoms with Crippen LogP contribution >= 0.6 is 0 Å². The molecule has 0 saturated carbocycles. The lowest BCUT2D eigenvalue weighted by Crippen LogP contribution is -2.43. The Balaban J connectivity index is 1.27. The summed E-state index contributed by atoms with van der Waals surface area (Å²) in [5.74, 6) is -1.85. The maximum Gasteiger partial charge on any atom is 0.322 e. The van der Waals surface area contributed by atoms with Crippen molar-refractivity contribution >= 4 is 50.5 Å². The van der Waals surface area contributed by atoms with E-state index in [1.165, 1.54) is 6.07 Å². The zero-order valence-corrected chi connectivity index (χ0v) is 24.8. The molecule has 3 aromatic carbocycles. The number of carboxylic acids is 1. The smallest absolute Gasteiger partial charge is 0.322 e. The fourth-order valence-corrected chi connectivity index (χ4v) is 6.87. The lowest BCUT2D eigenvalue weighted by Gasteiger charge is -2.26. The number of imidazole rings is 1. The minimum atomic E-state index is -4.18. The summed E-state index contributed by atoms with van der Waals surface area (Å²) in [6, 6.07) is 12.3. The second kappa shape index (κ2) is 11.5. The van der Waals surface area contributed by atoms with Crippen molar-refractivity contribution in [3.05, 3.63) is 76.3 Å². The zero-order valence-electron chi connectivity index (χ0n) is 23.9. The number of nitrogens with zero attached hydrogens (tertiary/aromatic N) is 1. The van der Waals surface area contributed by atoms with Crippen LogP contribution in [0.15, 0.2) is 53.4 Å². The Morgan fingerprint density at radius 2 is 1.74 bits per heavy atom. The van der Waals surface area contributed by atoms with E-state index in [9.17, 15) is 27.9 Å². The van der Waals surface area contributed by atoms with Gasteiger partial charge < -0.3 is 20.1 Å². The fourth-order valence-electron chi connectivity index (χ4n) is 5.07. The number of aromatic amines is 1. The van der Waals surface area contributed by atoms with E-state index >= 15 is 0 Å². The topological polar surface area (TPSA) is 180 Å². The summed E-state index contributed by atoms with van der Waals surface area (Å²) in [5.41, 5.74) is 4.84. The molecule has 5 N–H and O–H groups in total. The van der Waals surface area contributed by atoms with Gasteiger partial charge in [-0.3, -0.25) is 19.7 Å². The summed E-state index contributed by atoms with van der Waals surface area (Å²) in [6.07, 6.45) is -1.57. The number of benzene rings is 3. The molecule has 224 valence electrons. The normalized spacial score (nSPS) is 15.3. The summed E-state index contributed by atoms with van der Waals surface area (Å²) in [6.45, 7) is 6.98. The van der Waals surface area contributed by atoms with Crippen molar-refractivity contribution in [2.24, 2.45) is 0 Å². The molecule has 1 unspecified atom stereocenters. The highest BCUT2D eigenvalue weighted by atomic mass is 32.2. The molecule has 2 amide bonds. The minimum Gasteiger partial charge on any atom is -0.480 e. The van der Waals surface area contributed by atoms with Gasteiger partial charge in [-0.2, -0.15) is 4.72 Å². The van der Waals surface area contributed by atoms with E-state index in [1.54, 1.807) is 45.9 Å². The second-order valence-electron chi connectivity index (χ2n) is 10.6. The first kappa shape index (κ1) is 29.7. The number of carbonyl (C=O) groups excluding carboxylic acids is 2. The van der Waals surface area contributed by atoms with Crippen molar-refractivity contribution in [3.8, 4) is 5.75 Å². The maximum atomic E-state index is 13.4. The molecule has 1 aromatic heterocycles. The molecule has 0 saturated heterocycles. The molecule has 0 radical (unpaired) electrons. The SMILES string of the molecule is Cc1cc(C)c(C)c(S(=O)(=O)N[C@@H](Cc2ccc3c(c2)NC(=O)C(CC(=O)Nc2nc4ccccc4[nH]2)O3)C(=O)O)c1C. The molecule has 43 heavy (non-hydrogen) atoms. The predicted octanol–water partition coefficient (Wildman–Crippen LogP) is 3.50. The third kappa shape index (κ3) is 6.22. The molecule has 4 aromatic rings. The highest BCUT2D eigenvalue weighted by molar-refractivity contribution is 7.89. The number of ether oxygens (including phenoxy) is 1. The van der Waals surface area contributed by atoms with Gasteiger partial charge in [0.2, 0.25) is 21.9 Å². The average molecular weight is 606 g/mol. The van der Waals surface area contributed by atoms with Crippen molar-refractivity contribution in [1.82, 2.24) is 14.7 Å². The molecular formula is C30H31N5O7S. The number of rotatable bonds is 9. The monoisotopic (exact) mass is 605 g/mol. The van der Waals surface area contributed by atoms with Crippen molar-refractivity contribution < 1.29 is 32.6 Å². The first-order chi connectivity index (χ1) is 20.3. The number of nitrogens with one attached hydrogen (secondary N) is 4. The molecule has 12 nitrogen and oxygen atoms in total. The summed E-state index contributed by atoms with van der Waals surface area (Å²) in [7, 11) is -4.18. The third-order valence-electron chi connectivity index (χ3n) is 7.48. The van der Waals surface area contributed by atoms with Gasteiger partial charge in [0, 0.05) is 0 Å². The second-order valence-corrected chi connectivity index (χ2v) is 12.2. The Morgan fingerprint density at radius 1 is 1.05 bits per heavy atom. The van der Waals surface area contributed by atoms with Crippen molar-refractivity contribution in [3.63, 3.8) is 0 Å². The predicted molar refractivity (Wildman–Crippen MR) is 160 cm³/mol. The van der Waals surface area contributed by atoms with Crippen molar-refractivity contribution in [2.45, 2.75) is 57.6 Å². The number of aliphatic carboxylic acids is 1. The molecule has 1 aliphatic heterocycles. The first-order valence-corrected chi connectivity index (χ1v) is 15.0. The Labute approximate surface area is 247 Å². The van der Waals surface area contributed by atoms with Crippen LogP contribution in [0.4, 0.5) is 11.6 Å². The lowest BCUT2D eigenvalue weighted by atomic mass is 10.0. The van der Waals surface area contributed by atoms with E-state index in [2.05, 4.69) is 25.3 Å². The van der Waals surface area contributed by atoms with Crippen LogP contribution < -0.4 is 20.1 Å². The van der Waals surface area contributed by atoms with Crippen molar-refractivity contribution in [1.29, 1.82) is 0 Å². The molecule has 0 fully saturated rings. The first-order valence-electron chi connectivity index (χ1n) is 13.5. The molecule has 2 atom stereocenters. The number of amides is 2. The number of H-pyrrole nitrogens is 1. The molecule has 1 aliphatic rings. The van der Waals surface area contributed by atoms with Gasteiger partial charge in [0.15, 0.2) is 6.10 Å². The van der Waals surface area contributed by atoms with E-state index in [4.69, 9.17) is 4.74 Å². The van der Waals surface area contributed by atoms with E-state index < -0.39 is 40.0 Å². The van der Waals surface area contributed by atoms with Gasteiger partial charge in [0.25, 0.3) is 5.91 Å². The summed E-state index contributed by atoms with van der Waals surface area (Å²) in [5, 5.41) is 15.2. The van der Waals surface area contributed by atoms with Crippen LogP contribution in [0.25, 0.3) is 11.0 Å². The van der Waals surface area contributed by atoms with Gasteiger partial charge in [-0.1, -0.05) is 24.3 Å². The van der Waals surface area contributed by atoms with Crippen LogP contribution in [0.1, 0.15) is 34.2 Å². The summed E-state index contributed by atoms with van der Waals surface area (Å²) < 4.78 is 34.8. The number of sulfonamides is 1. The number of hydrogen-bond donors (Lipinski definition) is 5. The number of aromatic nitrogens is 2. The number of aryl methyl sites for hydroxylation is 2. The van der Waals surface area contributed by atoms with Crippen LogP contribution in [0.2, 0.25) is 0 Å². The highest BCUT2D eigenvalue weighted by Crippen LogP contribution is 2.32. The van der Waals surface area contributed by atoms with Crippen molar-refractivity contribution in [2.75, 3.05) is 10.6 Å². The zero-order chi connectivity index (χ0) is 31.1. The molecule has 0 bridgehead atoms. The van der Waals surface area contributed by atoms with Crippen LogP contribution in [-0.2, 0) is 30.8 Å². The average Bonchev–Trinajstić information content (AvgIpc) is 3.34. The van der Waals surface area contributed by atoms with Gasteiger partial charge >= 0.3 is 5.97 Å². The van der Waals surface area contributed by atoms with Gasteiger partial charge in [-0.05, 0) is 86.2 Å². The summed E-state index contributed by atoms with van der Waals surface area (Å²) in [4.78, 5) is 44.8. The quantitative estimate of drug-likeness (QED) is 0.192. The Kier molecular flexibility index (Phi) is 7.95. The molecule has 0 spiro atoms. The third-order valence-corrected chi connectivity index (χ3v) is 9.23. The largest absolute Gasteiger partial charge is 0.480 e. The number of para-hydroxylation sites is 2. The van der Waals surface area contributed by atoms with Crippen LogP contribution in [0.5, 0.6) is 5.75 Å². The number of fused-ring (bicyclic) bond motifs is 2. The molecule has 0 aliphatic carbocycles. The van der Waals surface area contributed by atoms with E-state index in [-0.39, 0.29) is 29.4 Å². The summed E-state index contributed by atoms with van der Waals surface area (Å²) >= 11 is 0. The Morgan fingerprint density at radius 3 is 2.42 bits per heavy atom. The maximum absolute atomic E-state index is 13.4. The van der Waals surface area contributed by atoms with Crippen LogP contribution in [0.3, 0.4) is 0 Å². The number of carbonyl (C=O) groups is 3. The van der Waals surface area contributed by atoms with E-state index in [0.717, 1.165) is 16.6 Å². The number of hydrogen-bond acceptors (Lipinski definition) is 7.